The summed E-state index contributed by atoms with van der Waals surface area (Å²) in [5.41, 5.74) is 9.08. The number of carbonyl (C=O) groups is 1. The molecular weight excluding hydrogens is 344 g/mol. The molecule has 2 aromatic rings. The minimum Gasteiger partial charge on any atom is -0.399 e. The van der Waals surface area contributed by atoms with Gasteiger partial charge >= 0.3 is 0 Å². The third-order valence-corrected chi connectivity index (χ3v) is 5.19. The first kappa shape index (κ1) is 20.3. The number of aryl methyl sites for hydroxylation is 1. The Kier molecular flexibility index (Phi) is 7.99. The first-order chi connectivity index (χ1) is 12.2. The summed E-state index contributed by atoms with van der Waals surface area (Å²) in [5, 5.41) is 0. The molecule has 1 saturated carbocycles. The summed E-state index contributed by atoms with van der Waals surface area (Å²) in [7, 11) is 0. The molecule has 4 heteroatoms. The molecule has 1 fully saturated rings. The molecule has 0 spiro atoms. The summed E-state index contributed by atoms with van der Waals surface area (Å²) in [6.07, 6.45) is 7.26. The fraction of sp³-hybridized carbons (Fsp3) is 0.409. The molecule has 0 radical (unpaired) electrons. The zero-order valence-electron chi connectivity index (χ0n) is 15.3. The van der Waals surface area contributed by atoms with E-state index >= 15 is 0 Å². The molecule has 0 aromatic heterocycles. The molecule has 1 aliphatic rings. The van der Waals surface area contributed by atoms with Crippen molar-refractivity contribution in [3.63, 3.8) is 0 Å². The zero-order valence-corrected chi connectivity index (χ0v) is 16.1. The van der Waals surface area contributed by atoms with Crippen LogP contribution < -0.4 is 5.73 Å². The Morgan fingerprint density at radius 3 is 2.31 bits per heavy atom. The molecule has 0 heterocycles. The van der Waals surface area contributed by atoms with Gasteiger partial charge in [0.25, 0.3) is 0 Å². The number of hydrogen-bond acceptors (Lipinski definition) is 2. The summed E-state index contributed by atoms with van der Waals surface area (Å²) in [5.74, 6) is 0.249. The standard InChI is InChI=1S/C22H28N2O.ClH/c23-21-14-8-7-11-19(21)15-16-22(25)24(20-12-5-2-6-13-20)17-18-9-3-1-4-10-18;/h1,3-4,7-11,14,20H,2,5-6,12-13,15-17,23H2;1H. The van der Waals surface area contributed by atoms with Crippen molar-refractivity contribution < 1.29 is 4.79 Å². The van der Waals surface area contributed by atoms with E-state index in [2.05, 4.69) is 17.0 Å². The van der Waals surface area contributed by atoms with E-state index < -0.39 is 0 Å². The van der Waals surface area contributed by atoms with Crippen LogP contribution in [0.5, 0.6) is 0 Å². The van der Waals surface area contributed by atoms with Crippen molar-refractivity contribution in [1.29, 1.82) is 0 Å². The minimum absolute atomic E-state index is 0. The first-order valence-corrected chi connectivity index (χ1v) is 9.41. The van der Waals surface area contributed by atoms with Gasteiger partial charge in [0.2, 0.25) is 5.91 Å². The van der Waals surface area contributed by atoms with Crippen LogP contribution in [-0.2, 0) is 17.8 Å². The van der Waals surface area contributed by atoms with E-state index in [0.717, 1.165) is 24.1 Å². The van der Waals surface area contributed by atoms with E-state index in [9.17, 15) is 4.79 Å². The van der Waals surface area contributed by atoms with Crippen molar-refractivity contribution in [2.75, 3.05) is 5.73 Å². The van der Waals surface area contributed by atoms with Gasteiger partial charge in [0.15, 0.2) is 0 Å². The van der Waals surface area contributed by atoms with Crippen LogP contribution in [0, 0.1) is 0 Å². The van der Waals surface area contributed by atoms with Crippen LogP contribution in [0.1, 0.15) is 49.7 Å². The van der Waals surface area contributed by atoms with Crippen LogP contribution in [0.4, 0.5) is 5.69 Å². The molecule has 0 atom stereocenters. The number of para-hydroxylation sites is 1. The van der Waals surface area contributed by atoms with Crippen molar-refractivity contribution in [2.45, 2.75) is 57.5 Å². The lowest BCUT2D eigenvalue weighted by Crippen LogP contribution is -2.41. The van der Waals surface area contributed by atoms with E-state index in [-0.39, 0.29) is 18.3 Å². The largest absolute Gasteiger partial charge is 0.399 e. The topological polar surface area (TPSA) is 46.3 Å². The molecule has 1 amide bonds. The third-order valence-electron chi connectivity index (χ3n) is 5.19. The molecule has 3 rings (SSSR count). The number of halogens is 1. The van der Waals surface area contributed by atoms with Gasteiger partial charge in [-0.1, -0.05) is 67.8 Å². The van der Waals surface area contributed by atoms with Crippen LogP contribution in [0.2, 0.25) is 0 Å². The lowest BCUT2D eigenvalue weighted by atomic mass is 9.93. The monoisotopic (exact) mass is 372 g/mol. The van der Waals surface area contributed by atoms with Crippen molar-refractivity contribution in [2.24, 2.45) is 0 Å². The highest BCUT2D eigenvalue weighted by molar-refractivity contribution is 5.85. The maximum absolute atomic E-state index is 13.0. The van der Waals surface area contributed by atoms with E-state index in [1.807, 2.05) is 42.5 Å². The molecule has 0 saturated heterocycles. The summed E-state index contributed by atoms with van der Waals surface area (Å²) in [6, 6.07) is 18.6. The second kappa shape index (κ2) is 10.2. The summed E-state index contributed by atoms with van der Waals surface area (Å²) < 4.78 is 0. The molecule has 2 N–H and O–H groups in total. The number of hydrogen-bond donors (Lipinski definition) is 1. The second-order valence-corrected chi connectivity index (χ2v) is 7.00. The maximum Gasteiger partial charge on any atom is 0.223 e. The number of nitrogens with two attached hydrogens (primary N) is 1. The van der Waals surface area contributed by atoms with Gasteiger partial charge in [0.1, 0.15) is 0 Å². The number of carbonyl (C=O) groups excluding carboxylic acids is 1. The van der Waals surface area contributed by atoms with Crippen LogP contribution in [0.15, 0.2) is 54.6 Å². The van der Waals surface area contributed by atoms with Crippen LogP contribution in [-0.4, -0.2) is 16.8 Å². The molecule has 0 aliphatic heterocycles. The molecule has 1 aliphatic carbocycles. The minimum atomic E-state index is 0. The maximum atomic E-state index is 13.0. The van der Waals surface area contributed by atoms with Crippen molar-refractivity contribution in [3.8, 4) is 0 Å². The van der Waals surface area contributed by atoms with Crippen LogP contribution in [0.3, 0.4) is 0 Å². The molecule has 0 unspecified atom stereocenters. The number of nitrogen functional groups attached to an aromatic ring is 1. The first-order valence-electron chi connectivity index (χ1n) is 9.41. The fourth-order valence-electron chi connectivity index (χ4n) is 3.74. The van der Waals surface area contributed by atoms with Gasteiger partial charge in [0.05, 0.1) is 0 Å². The number of anilines is 1. The number of amides is 1. The molecule has 3 nitrogen and oxygen atoms in total. The van der Waals surface area contributed by atoms with Gasteiger partial charge in [-0.05, 0) is 36.5 Å². The Morgan fingerprint density at radius 1 is 0.962 bits per heavy atom. The smallest absolute Gasteiger partial charge is 0.223 e. The lowest BCUT2D eigenvalue weighted by Gasteiger charge is -2.34. The number of nitrogens with zero attached hydrogens (tertiary/aromatic N) is 1. The Labute approximate surface area is 163 Å². The predicted molar refractivity (Wildman–Crippen MR) is 110 cm³/mol. The van der Waals surface area contributed by atoms with Crippen LogP contribution in [0.25, 0.3) is 0 Å². The predicted octanol–water partition coefficient (Wildman–Crippen LogP) is 4.98. The normalized spacial score (nSPS) is 14.5. The van der Waals surface area contributed by atoms with Crippen molar-refractivity contribution in [3.05, 3.63) is 65.7 Å². The number of rotatable bonds is 6. The summed E-state index contributed by atoms with van der Waals surface area (Å²) >= 11 is 0. The highest BCUT2D eigenvalue weighted by Gasteiger charge is 2.25. The third kappa shape index (κ3) is 5.50. The summed E-state index contributed by atoms with van der Waals surface area (Å²) in [4.78, 5) is 15.1. The van der Waals surface area contributed by atoms with Crippen molar-refractivity contribution in [1.82, 2.24) is 4.90 Å². The highest BCUT2D eigenvalue weighted by Crippen LogP contribution is 2.25. The number of benzene rings is 2. The Bertz CT molecular complexity index is 684. The molecule has 140 valence electrons. The van der Waals surface area contributed by atoms with Crippen molar-refractivity contribution >= 4 is 24.0 Å². The molecule has 2 aromatic carbocycles. The average Bonchev–Trinajstić information content (AvgIpc) is 2.67. The van der Waals surface area contributed by atoms with Gasteiger partial charge in [-0.3, -0.25) is 4.79 Å². The Morgan fingerprint density at radius 2 is 1.62 bits per heavy atom. The van der Waals surface area contributed by atoms with E-state index in [0.29, 0.717) is 25.4 Å². The van der Waals surface area contributed by atoms with Crippen LogP contribution >= 0.6 is 12.4 Å². The summed E-state index contributed by atoms with van der Waals surface area (Å²) in [6.45, 7) is 0.717. The van der Waals surface area contributed by atoms with Gasteiger partial charge < -0.3 is 10.6 Å². The zero-order chi connectivity index (χ0) is 17.5. The molecule has 0 bridgehead atoms. The second-order valence-electron chi connectivity index (χ2n) is 7.00. The average molecular weight is 373 g/mol. The van der Waals surface area contributed by atoms with Gasteiger partial charge in [-0.2, -0.15) is 0 Å². The van der Waals surface area contributed by atoms with E-state index in [1.54, 1.807) is 0 Å². The van der Waals surface area contributed by atoms with E-state index in [1.165, 1.54) is 24.8 Å². The highest BCUT2D eigenvalue weighted by atomic mass is 35.5. The lowest BCUT2D eigenvalue weighted by molar-refractivity contribution is -0.134. The fourth-order valence-corrected chi connectivity index (χ4v) is 3.74. The molecular formula is C22H29ClN2O. The Hall–Kier alpha value is -2.00. The molecule has 26 heavy (non-hydrogen) atoms. The van der Waals surface area contributed by atoms with Gasteiger partial charge in [0, 0.05) is 24.7 Å². The van der Waals surface area contributed by atoms with Gasteiger partial charge in [-0.15, -0.1) is 12.4 Å². The Balaban J connectivity index is 0.00000243. The van der Waals surface area contributed by atoms with Gasteiger partial charge in [-0.25, -0.2) is 0 Å². The quantitative estimate of drug-likeness (QED) is 0.726. The van der Waals surface area contributed by atoms with E-state index in [4.69, 9.17) is 5.73 Å². The SMILES string of the molecule is Cl.Nc1ccccc1CCC(=O)N(Cc1ccccc1)C1CCCCC1.